The van der Waals surface area contributed by atoms with Gasteiger partial charge in [-0.3, -0.25) is 4.79 Å². The smallest absolute Gasteiger partial charge is 0.380 e. The molecular weight excluding hydrogens is 452 g/mol. The first-order valence-corrected chi connectivity index (χ1v) is 9.28. The van der Waals surface area contributed by atoms with Gasteiger partial charge in [0.25, 0.3) is 5.91 Å². The van der Waals surface area contributed by atoms with E-state index >= 15 is 0 Å². The van der Waals surface area contributed by atoms with Gasteiger partial charge in [-0.2, -0.15) is 13.2 Å². The van der Waals surface area contributed by atoms with Crippen molar-refractivity contribution in [2.75, 3.05) is 10.6 Å². The van der Waals surface area contributed by atoms with E-state index in [4.69, 9.17) is 0 Å². The predicted octanol–water partition coefficient (Wildman–Crippen LogP) is 6.47. The molecule has 3 aromatic rings. The number of carbonyl (C=O) groups is 1. The zero-order valence-electron chi connectivity index (χ0n) is 14.9. The lowest BCUT2D eigenvalue weighted by molar-refractivity contribution is -0.137. The number of alkyl halides is 3. The zero-order valence-corrected chi connectivity index (χ0v) is 16.4. The van der Waals surface area contributed by atoms with Crippen molar-refractivity contribution in [1.29, 1.82) is 0 Å². The van der Waals surface area contributed by atoms with E-state index in [0.29, 0.717) is 6.54 Å². The molecule has 0 atom stereocenters. The SMILES string of the molecule is O=C(Nc1ccc(F)cc1)c1cc(C(F)(F)F)ccc1NCc1ccc(Br)cc1. The Morgan fingerprint density at radius 3 is 2.21 bits per heavy atom. The second kappa shape index (κ2) is 8.65. The molecule has 0 saturated carbocycles. The van der Waals surface area contributed by atoms with Gasteiger partial charge < -0.3 is 10.6 Å². The number of anilines is 2. The molecule has 2 N–H and O–H groups in total. The molecule has 1 amide bonds. The van der Waals surface area contributed by atoms with E-state index in [1.807, 2.05) is 24.3 Å². The number of hydrogen-bond donors (Lipinski definition) is 2. The molecule has 0 saturated heterocycles. The van der Waals surface area contributed by atoms with Crippen LogP contribution in [0, 0.1) is 5.82 Å². The Kier molecular flexibility index (Phi) is 6.22. The highest BCUT2D eigenvalue weighted by molar-refractivity contribution is 9.10. The van der Waals surface area contributed by atoms with E-state index in [9.17, 15) is 22.4 Å². The number of rotatable bonds is 5. The Labute approximate surface area is 172 Å². The average molecular weight is 467 g/mol. The summed E-state index contributed by atoms with van der Waals surface area (Å²) in [6.45, 7) is 0.315. The van der Waals surface area contributed by atoms with Crippen molar-refractivity contribution >= 4 is 33.2 Å². The van der Waals surface area contributed by atoms with Crippen LogP contribution >= 0.6 is 15.9 Å². The highest BCUT2D eigenvalue weighted by atomic mass is 79.9. The lowest BCUT2D eigenvalue weighted by atomic mass is 10.1. The van der Waals surface area contributed by atoms with Gasteiger partial charge in [0.2, 0.25) is 0 Å². The summed E-state index contributed by atoms with van der Waals surface area (Å²) in [4.78, 5) is 12.6. The summed E-state index contributed by atoms with van der Waals surface area (Å²) in [5, 5.41) is 5.49. The molecule has 0 aliphatic rings. The number of carbonyl (C=O) groups excluding carboxylic acids is 1. The fraction of sp³-hybridized carbons (Fsp3) is 0.0952. The Bertz CT molecular complexity index is 1000. The zero-order chi connectivity index (χ0) is 21.0. The van der Waals surface area contributed by atoms with Crippen molar-refractivity contribution in [2.24, 2.45) is 0 Å². The van der Waals surface area contributed by atoms with Crippen LogP contribution in [0.15, 0.2) is 71.2 Å². The summed E-state index contributed by atoms with van der Waals surface area (Å²) >= 11 is 3.33. The molecule has 0 heterocycles. The largest absolute Gasteiger partial charge is 0.416 e. The van der Waals surface area contributed by atoms with Gasteiger partial charge in [0, 0.05) is 22.4 Å². The fourth-order valence-electron chi connectivity index (χ4n) is 2.59. The van der Waals surface area contributed by atoms with Crippen LogP contribution < -0.4 is 10.6 Å². The maximum Gasteiger partial charge on any atom is 0.416 e. The summed E-state index contributed by atoms with van der Waals surface area (Å²) in [6, 6.07) is 15.3. The van der Waals surface area contributed by atoms with Gasteiger partial charge in [0.15, 0.2) is 0 Å². The first-order chi connectivity index (χ1) is 13.7. The standard InChI is InChI=1S/C21H15BrF4N2O/c22-15-4-1-13(2-5-15)12-27-19-10-3-14(21(24,25)26)11-18(19)20(29)28-17-8-6-16(23)7-9-17/h1-11,27H,12H2,(H,28,29). The van der Waals surface area contributed by atoms with Crippen LogP contribution in [0.1, 0.15) is 21.5 Å². The minimum absolute atomic E-state index is 0.165. The average Bonchev–Trinajstić information content (AvgIpc) is 2.68. The summed E-state index contributed by atoms with van der Waals surface area (Å²) in [5.74, 6) is -1.22. The van der Waals surface area contributed by atoms with E-state index in [1.165, 1.54) is 18.2 Å². The second-order valence-electron chi connectivity index (χ2n) is 6.20. The highest BCUT2D eigenvalue weighted by Crippen LogP contribution is 2.32. The Morgan fingerprint density at radius 2 is 1.59 bits per heavy atom. The molecular formula is C21H15BrF4N2O. The van der Waals surface area contributed by atoms with Crippen molar-refractivity contribution in [1.82, 2.24) is 0 Å². The molecule has 0 radical (unpaired) electrons. The summed E-state index contributed by atoms with van der Waals surface area (Å²) in [7, 11) is 0. The van der Waals surface area contributed by atoms with E-state index in [-0.39, 0.29) is 16.9 Å². The van der Waals surface area contributed by atoms with E-state index < -0.39 is 23.5 Å². The number of halogens is 5. The van der Waals surface area contributed by atoms with Gasteiger partial charge in [-0.05, 0) is 60.2 Å². The quantitative estimate of drug-likeness (QED) is 0.423. The number of nitrogens with one attached hydrogen (secondary N) is 2. The molecule has 0 fully saturated rings. The van der Waals surface area contributed by atoms with Crippen molar-refractivity contribution in [3.63, 3.8) is 0 Å². The monoisotopic (exact) mass is 466 g/mol. The molecule has 150 valence electrons. The lowest BCUT2D eigenvalue weighted by Crippen LogP contribution is -2.17. The number of benzene rings is 3. The summed E-state index contributed by atoms with van der Waals surface area (Å²) < 4.78 is 53.3. The lowest BCUT2D eigenvalue weighted by Gasteiger charge is -2.15. The minimum Gasteiger partial charge on any atom is -0.380 e. The van der Waals surface area contributed by atoms with Crippen LogP contribution in [-0.4, -0.2) is 5.91 Å². The first-order valence-electron chi connectivity index (χ1n) is 8.49. The molecule has 3 nitrogen and oxygen atoms in total. The van der Waals surface area contributed by atoms with Crippen molar-refractivity contribution < 1.29 is 22.4 Å². The normalized spacial score (nSPS) is 11.2. The van der Waals surface area contributed by atoms with Gasteiger partial charge >= 0.3 is 6.18 Å². The van der Waals surface area contributed by atoms with Gasteiger partial charge in [-0.15, -0.1) is 0 Å². The van der Waals surface area contributed by atoms with Crippen LogP contribution in [0.25, 0.3) is 0 Å². The molecule has 0 bridgehead atoms. The van der Waals surface area contributed by atoms with Gasteiger partial charge in [-0.25, -0.2) is 4.39 Å². The Balaban J connectivity index is 1.87. The van der Waals surface area contributed by atoms with Crippen molar-refractivity contribution in [3.05, 3.63) is 93.7 Å². The fourth-order valence-corrected chi connectivity index (χ4v) is 2.86. The molecule has 3 rings (SSSR count). The Morgan fingerprint density at radius 1 is 0.931 bits per heavy atom. The third kappa shape index (κ3) is 5.57. The van der Waals surface area contributed by atoms with E-state index in [2.05, 4.69) is 26.6 Å². The predicted molar refractivity (Wildman–Crippen MR) is 107 cm³/mol. The molecule has 0 aliphatic heterocycles. The van der Waals surface area contributed by atoms with Crippen molar-refractivity contribution in [3.8, 4) is 0 Å². The highest BCUT2D eigenvalue weighted by Gasteiger charge is 2.31. The van der Waals surface area contributed by atoms with Gasteiger partial charge in [-0.1, -0.05) is 28.1 Å². The molecule has 0 spiro atoms. The van der Waals surface area contributed by atoms with Crippen LogP contribution in [0.2, 0.25) is 0 Å². The first kappa shape index (κ1) is 20.9. The molecule has 0 aromatic heterocycles. The maximum absolute atomic E-state index is 13.1. The van der Waals surface area contributed by atoms with Crippen LogP contribution in [0.4, 0.5) is 28.9 Å². The van der Waals surface area contributed by atoms with Gasteiger partial charge in [0.05, 0.1) is 11.1 Å². The summed E-state index contributed by atoms with van der Waals surface area (Å²) in [6.07, 6.45) is -4.59. The molecule has 0 unspecified atom stereocenters. The van der Waals surface area contributed by atoms with Crippen LogP contribution in [0.5, 0.6) is 0 Å². The van der Waals surface area contributed by atoms with E-state index in [1.54, 1.807) is 0 Å². The summed E-state index contributed by atoms with van der Waals surface area (Å²) in [5.41, 5.74) is 0.309. The molecule has 8 heteroatoms. The van der Waals surface area contributed by atoms with Crippen LogP contribution in [0.3, 0.4) is 0 Å². The topological polar surface area (TPSA) is 41.1 Å². The van der Waals surface area contributed by atoms with Gasteiger partial charge in [0.1, 0.15) is 5.82 Å². The third-order valence-electron chi connectivity index (χ3n) is 4.09. The number of amides is 1. The maximum atomic E-state index is 13.1. The Hall–Kier alpha value is -2.87. The van der Waals surface area contributed by atoms with E-state index in [0.717, 1.165) is 34.3 Å². The molecule has 3 aromatic carbocycles. The number of hydrogen-bond acceptors (Lipinski definition) is 2. The second-order valence-corrected chi connectivity index (χ2v) is 7.11. The molecule has 0 aliphatic carbocycles. The van der Waals surface area contributed by atoms with Crippen molar-refractivity contribution in [2.45, 2.75) is 12.7 Å². The molecule has 29 heavy (non-hydrogen) atoms. The minimum atomic E-state index is -4.59. The third-order valence-corrected chi connectivity index (χ3v) is 4.62. The van der Waals surface area contributed by atoms with Crippen LogP contribution in [-0.2, 0) is 12.7 Å².